The minimum absolute atomic E-state index is 0.0162. The Bertz CT molecular complexity index is 437. The smallest absolute Gasteiger partial charge is 0.307 e. The van der Waals surface area contributed by atoms with Crippen molar-refractivity contribution in [3.8, 4) is 11.8 Å². The second-order valence-corrected chi connectivity index (χ2v) is 3.86. The molecule has 1 N–H and O–H groups in total. The molecule has 0 aliphatic heterocycles. The first kappa shape index (κ1) is 14.3. The van der Waals surface area contributed by atoms with Crippen molar-refractivity contribution in [3.63, 3.8) is 0 Å². The quantitative estimate of drug-likeness (QED) is 0.640. The Morgan fingerprint density at radius 2 is 2.06 bits per heavy atom. The summed E-state index contributed by atoms with van der Waals surface area (Å²) in [6.07, 6.45) is 0.257. The van der Waals surface area contributed by atoms with E-state index < -0.39 is 0 Å². The number of carbonyl (C=O) groups is 1. The van der Waals surface area contributed by atoms with E-state index >= 15 is 0 Å². The molecule has 0 heterocycles. The molecule has 1 aromatic carbocycles. The molecule has 0 amide bonds. The van der Waals surface area contributed by atoms with E-state index in [1.165, 1.54) is 0 Å². The van der Waals surface area contributed by atoms with Crippen LogP contribution in [0, 0.1) is 11.8 Å². The van der Waals surface area contributed by atoms with Crippen LogP contribution >= 0.6 is 0 Å². The first-order chi connectivity index (χ1) is 8.71. The molecule has 0 aliphatic rings. The van der Waals surface area contributed by atoms with Gasteiger partial charge in [-0.25, -0.2) is 0 Å². The molecule has 0 aromatic heterocycles. The van der Waals surface area contributed by atoms with Crippen molar-refractivity contribution in [1.82, 2.24) is 0 Å². The summed E-state index contributed by atoms with van der Waals surface area (Å²) >= 11 is 0. The maximum atomic E-state index is 11.5. The summed E-state index contributed by atoms with van der Waals surface area (Å²) in [4.78, 5) is 11.5. The van der Waals surface area contributed by atoms with Gasteiger partial charge in [0.25, 0.3) is 0 Å². The van der Waals surface area contributed by atoms with E-state index in [1.54, 1.807) is 13.8 Å². The van der Waals surface area contributed by atoms with Gasteiger partial charge in [-0.1, -0.05) is 30.2 Å². The van der Waals surface area contributed by atoms with Gasteiger partial charge in [-0.2, -0.15) is 0 Å². The van der Waals surface area contributed by atoms with Gasteiger partial charge < -0.3 is 9.84 Å². The lowest BCUT2D eigenvalue weighted by Crippen LogP contribution is -2.09. The highest BCUT2D eigenvalue weighted by molar-refractivity contribution is 5.71. The third-order valence-corrected chi connectivity index (χ3v) is 2.56. The van der Waals surface area contributed by atoms with Crippen LogP contribution < -0.4 is 0 Å². The van der Waals surface area contributed by atoms with Crippen LogP contribution in [0.5, 0.6) is 0 Å². The highest BCUT2D eigenvalue weighted by atomic mass is 16.5. The molecular formula is C15H18O3. The predicted molar refractivity (Wildman–Crippen MR) is 69.8 cm³/mol. The maximum absolute atomic E-state index is 11.5. The molecule has 18 heavy (non-hydrogen) atoms. The molecule has 3 nitrogen and oxygen atoms in total. The molecule has 1 rings (SSSR count). The second kappa shape index (κ2) is 7.52. The molecule has 0 saturated heterocycles. The molecular weight excluding hydrogens is 228 g/mol. The number of aliphatic hydroxyl groups is 1. The summed E-state index contributed by atoms with van der Waals surface area (Å²) in [5.74, 6) is 5.46. The largest absolute Gasteiger partial charge is 0.466 e. The summed E-state index contributed by atoms with van der Waals surface area (Å²) in [5.41, 5.74) is 1.81. The zero-order chi connectivity index (χ0) is 13.4. The van der Waals surface area contributed by atoms with E-state index in [-0.39, 0.29) is 24.9 Å². The molecule has 0 saturated carbocycles. The topological polar surface area (TPSA) is 46.5 Å². The molecule has 1 aromatic rings. The standard InChI is InChI=1S/C15H18O3/c1-3-5-14(10-15(17)18-4-2)13-8-6-12(11-16)7-9-13/h6-9,14,16H,4,10-11H2,1-2H3/t14-/m0/s1. The van der Waals surface area contributed by atoms with Crippen molar-refractivity contribution >= 4 is 5.97 Å². The van der Waals surface area contributed by atoms with Gasteiger partial charge in [-0.15, -0.1) is 5.92 Å². The van der Waals surface area contributed by atoms with Crippen LogP contribution in [-0.2, 0) is 16.1 Å². The summed E-state index contributed by atoms with van der Waals surface area (Å²) in [6.45, 7) is 3.94. The SMILES string of the molecule is CC#C[C@@H](CC(=O)OCC)c1ccc(CO)cc1. The van der Waals surface area contributed by atoms with Crippen LogP contribution in [0.2, 0.25) is 0 Å². The van der Waals surface area contributed by atoms with E-state index in [0.29, 0.717) is 6.61 Å². The third kappa shape index (κ3) is 4.23. The molecule has 1 atom stereocenters. The minimum atomic E-state index is -0.239. The monoisotopic (exact) mass is 246 g/mol. The van der Waals surface area contributed by atoms with Gasteiger partial charge in [0.05, 0.1) is 25.6 Å². The number of benzene rings is 1. The Morgan fingerprint density at radius 3 is 2.56 bits per heavy atom. The van der Waals surface area contributed by atoms with Crippen molar-refractivity contribution in [2.75, 3.05) is 6.61 Å². The molecule has 0 spiro atoms. The number of aliphatic hydroxyl groups excluding tert-OH is 1. The Balaban J connectivity index is 2.82. The molecule has 0 aliphatic carbocycles. The Kier molecular flexibility index (Phi) is 5.96. The van der Waals surface area contributed by atoms with Gasteiger partial charge >= 0.3 is 5.97 Å². The number of esters is 1. The van der Waals surface area contributed by atoms with E-state index in [0.717, 1.165) is 11.1 Å². The average molecular weight is 246 g/mol. The lowest BCUT2D eigenvalue weighted by Gasteiger charge is -2.11. The lowest BCUT2D eigenvalue weighted by molar-refractivity contribution is -0.143. The Hall–Kier alpha value is -1.79. The molecule has 96 valence electrons. The zero-order valence-corrected chi connectivity index (χ0v) is 10.8. The van der Waals surface area contributed by atoms with Crippen LogP contribution in [0.1, 0.15) is 37.3 Å². The summed E-state index contributed by atoms with van der Waals surface area (Å²) < 4.78 is 4.94. The minimum Gasteiger partial charge on any atom is -0.466 e. The van der Waals surface area contributed by atoms with Crippen LogP contribution in [0.25, 0.3) is 0 Å². The van der Waals surface area contributed by atoms with Gasteiger partial charge in [0.15, 0.2) is 0 Å². The van der Waals surface area contributed by atoms with E-state index in [9.17, 15) is 4.79 Å². The number of hydrogen-bond donors (Lipinski definition) is 1. The van der Waals surface area contributed by atoms with Crippen molar-refractivity contribution in [1.29, 1.82) is 0 Å². The summed E-state index contributed by atoms with van der Waals surface area (Å²) in [5, 5.41) is 8.98. The van der Waals surface area contributed by atoms with Crippen LogP contribution in [0.4, 0.5) is 0 Å². The maximum Gasteiger partial charge on any atom is 0.307 e. The normalized spacial score (nSPS) is 11.3. The zero-order valence-electron chi connectivity index (χ0n) is 10.8. The number of carbonyl (C=O) groups excluding carboxylic acids is 1. The van der Waals surface area contributed by atoms with E-state index in [2.05, 4.69) is 11.8 Å². The van der Waals surface area contributed by atoms with Crippen molar-refractivity contribution in [3.05, 3.63) is 35.4 Å². The summed E-state index contributed by atoms with van der Waals surface area (Å²) in [6, 6.07) is 7.45. The first-order valence-corrected chi connectivity index (χ1v) is 5.98. The fourth-order valence-corrected chi connectivity index (χ4v) is 1.67. The fourth-order valence-electron chi connectivity index (χ4n) is 1.67. The Morgan fingerprint density at radius 1 is 1.39 bits per heavy atom. The highest BCUT2D eigenvalue weighted by Crippen LogP contribution is 2.20. The van der Waals surface area contributed by atoms with E-state index in [1.807, 2.05) is 24.3 Å². The number of hydrogen-bond acceptors (Lipinski definition) is 3. The molecule has 0 bridgehead atoms. The fraction of sp³-hybridized carbons (Fsp3) is 0.400. The lowest BCUT2D eigenvalue weighted by atomic mass is 9.95. The molecule has 0 radical (unpaired) electrons. The third-order valence-electron chi connectivity index (χ3n) is 2.56. The van der Waals surface area contributed by atoms with Gasteiger partial charge in [0.1, 0.15) is 0 Å². The van der Waals surface area contributed by atoms with Gasteiger partial charge in [-0.3, -0.25) is 4.79 Å². The first-order valence-electron chi connectivity index (χ1n) is 5.98. The van der Waals surface area contributed by atoms with Crippen molar-refractivity contribution < 1.29 is 14.6 Å². The highest BCUT2D eigenvalue weighted by Gasteiger charge is 2.14. The number of rotatable bonds is 5. The number of ether oxygens (including phenoxy) is 1. The molecule has 3 heteroatoms. The van der Waals surface area contributed by atoms with Gasteiger partial charge in [0, 0.05) is 0 Å². The van der Waals surface area contributed by atoms with Gasteiger partial charge in [0.2, 0.25) is 0 Å². The predicted octanol–water partition coefficient (Wildman–Crippen LogP) is 2.24. The van der Waals surface area contributed by atoms with E-state index in [4.69, 9.17) is 9.84 Å². The second-order valence-electron chi connectivity index (χ2n) is 3.86. The van der Waals surface area contributed by atoms with Crippen LogP contribution in [-0.4, -0.2) is 17.7 Å². The van der Waals surface area contributed by atoms with Crippen molar-refractivity contribution in [2.24, 2.45) is 0 Å². The van der Waals surface area contributed by atoms with Crippen molar-refractivity contribution in [2.45, 2.75) is 32.8 Å². The molecule has 0 unspecified atom stereocenters. The Labute approximate surface area is 108 Å². The van der Waals surface area contributed by atoms with Gasteiger partial charge in [-0.05, 0) is 25.0 Å². The molecule has 0 fully saturated rings. The summed E-state index contributed by atoms with van der Waals surface area (Å²) in [7, 11) is 0. The average Bonchev–Trinajstić information content (AvgIpc) is 2.39. The van der Waals surface area contributed by atoms with Crippen LogP contribution in [0.3, 0.4) is 0 Å². The van der Waals surface area contributed by atoms with Crippen LogP contribution in [0.15, 0.2) is 24.3 Å².